The SMILES string of the molecule is O=C(CCl)N(CC=CCl)CC=CCl. The van der Waals surface area contributed by atoms with E-state index < -0.39 is 0 Å². The van der Waals surface area contributed by atoms with Crippen LogP contribution in [0.2, 0.25) is 0 Å². The highest BCUT2D eigenvalue weighted by Gasteiger charge is 2.07. The van der Waals surface area contributed by atoms with E-state index in [1.54, 1.807) is 12.2 Å². The van der Waals surface area contributed by atoms with Crippen molar-refractivity contribution in [3.05, 3.63) is 23.2 Å². The first-order chi connectivity index (χ1) is 6.26. The summed E-state index contributed by atoms with van der Waals surface area (Å²) in [5.41, 5.74) is 2.72. The van der Waals surface area contributed by atoms with Crippen molar-refractivity contribution in [2.45, 2.75) is 0 Å². The van der Waals surface area contributed by atoms with Crippen molar-refractivity contribution in [2.24, 2.45) is 0 Å². The van der Waals surface area contributed by atoms with Crippen molar-refractivity contribution in [2.75, 3.05) is 19.0 Å². The smallest absolute Gasteiger partial charge is 0.238 e. The maximum atomic E-state index is 11.2. The van der Waals surface area contributed by atoms with E-state index >= 15 is 0 Å². The minimum absolute atomic E-state index is 0.0355. The molecule has 13 heavy (non-hydrogen) atoms. The molecule has 0 aliphatic heterocycles. The van der Waals surface area contributed by atoms with E-state index in [2.05, 4.69) is 0 Å². The Morgan fingerprint density at radius 2 is 1.62 bits per heavy atom. The second-order valence-corrected chi connectivity index (χ2v) is 2.93. The Morgan fingerprint density at radius 1 is 1.15 bits per heavy atom. The van der Waals surface area contributed by atoms with E-state index in [1.165, 1.54) is 16.0 Å². The van der Waals surface area contributed by atoms with Crippen LogP contribution in [-0.4, -0.2) is 29.8 Å². The monoisotopic (exact) mass is 241 g/mol. The van der Waals surface area contributed by atoms with Gasteiger partial charge in [0.15, 0.2) is 0 Å². The summed E-state index contributed by atoms with van der Waals surface area (Å²) in [6.45, 7) is 0.882. The van der Waals surface area contributed by atoms with Crippen LogP contribution in [-0.2, 0) is 4.79 Å². The van der Waals surface area contributed by atoms with Crippen molar-refractivity contribution < 1.29 is 4.79 Å². The lowest BCUT2D eigenvalue weighted by Gasteiger charge is -2.17. The van der Waals surface area contributed by atoms with Crippen molar-refractivity contribution in [1.29, 1.82) is 0 Å². The Labute approximate surface area is 92.7 Å². The Bertz CT molecular complexity index is 190. The third-order valence-corrected chi connectivity index (χ3v) is 1.88. The van der Waals surface area contributed by atoms with Crippen LogP contribution in [0.25, 0.3) is 0 Å². The molecular weight excluding hydrogens is 232 g/mol. The van der Waals surface area contributed by atoms with E-state index in [4.69, 9.17) is 34.8 Å². The first-order valence-electron chi connectivity index (χ1n) is 3.60. The minimum atomic E-state index is -0.147. The van der Waals surface area contributed by atoms with Gasteiger partial charge in [-0.1, -0.05) is 35.4 Å². The highest BCUT2D eigenvalue weighted by atomic mass is 35.5. The van der Waals surface area contributed by atoms with E-state index in [-0.39, 0.29) is 11.8 Å². The molecular formula is C8H10Cl3NO. The van der Waals surface area contributed by atoms with Gasteiger partial charge in [0, 0.05) is 24.2 Å². The van der Waals surface area contributed by atoms with Gasteiger partial charge in [0.2, 0.25) is 5.91 Å². The molecule has 0 aliphatic rings. The summed E-state index contributed by atoms with van der Waals surface area (Å²) < 4.78 is 0. The molecule has 74 valence electrons. The van der Waals surface area contributed by atoms with Gasteiger partial charge in [-0.05, 0) is 0 Å². The standard InChI is InChI=1S/C8H10Cl3NO/c9-3-1-5-12(6-2-4-10)8(13)7-11/h1-4H,5-7H2. The van der Waals surface area contributed by atoms with Crippen LogP contribution in [0.1, 0.15) is 0 Å². The summed E-state index contributed by atoms with van der Waals surface area (Å²) in [6.07, 6.45) is 3.32. The maximum absolute atomic E-state index is 11.2. The molecule has 2 nitrogen and oxygen atoms in total. The summed E-state index contributed by atoms with van der Waals surface area (Å²) in [4.78, 5) is 12.7. The van der Waals surface area contributed by atoms with Gasteiger partial charge in [-0.3, -0.25) is 4.79 Å². The van der Waals surface area contributed by atoms with Gasteiger partial charge in [0.25, 0.3) is 0 Å². The number of carbonyl (C=O) groups is 1. The molecule has 0 radical (unpaired) electrons. The first-order valence-corrected chi connectivity index (χ1v) is 5.01. The number of halogens is 3. The van der Waals surface area contributed by atoms with Gasteiger partial charge < -0.3 is 4.90 Å². The molecule has 0 aromatic rings. The minimum Gasteiger partial charge on any atom is -0.334 e. The van der Waals surface area contributed by atoms with Gasteiger partial charge >= 0.3 is 0 Å². The van der Waals surface area contributed by atoms with Crippen molar-refractivity contribution in [3.63, 3.8) is 0 Å². The molecule has 0 bridgehead atoms. The molecule has 1 amide bonds. The number of carbonyl (C=O) groups excluding carboxylic acids is 1. The number of rotatable bonds is 5. The third-order valence-electron chi connectivity index (χ3n) is 1.30. The second-order valence-electron chi connectivity index (χ2n) is 2.16. The Morgan fingerprint density at radius 3 is 1.92 bits per heavy atom. The van der Waals surface area contributed by atoms with Gasteiger partial charge in [0.1, 0.15) is 5.88 Å². The molecule has 0 atom stereocenters. The topological polar surface area (TPSA) is 20.3 Å². The van der Waals surface area contributed by atoms with E-state index in [0.717, 1.165) is 0 Å². The molecule has 0 saturated carbocycles. The lowest BCUT2D eigenvalue weighted by atomic mass is 10.4. The van der Waals surface area contributed by atoms with E-state index in [1.807, 2.05) is 0 Å². The zero-order chi connectivity index (χ0) is 10.1. The first kappa shape index (κ1) is 12.8. The van der Waals surface area contributed by atoms with Gasteiger partial charge in [-0.2, -0.15) is 0 Å². The van der Waals surface area contributed by atoms with E-state index in [9.17, 15) is 4.79 Å². The number of amides is 1. The second kappa shape index (κ2) is 8.42. The summed E-state index contributed by atoms with van der Waals surface area (Å²) in [5.74, 6) is -0.183. The third kappa shape index (κ3) is 5.97. The largest absolute Gasteiger partial charge is 0.334 e. The molecule has 0 fully saturated rings. The summed E-state index contributed by atoms with van der Waals surface area (Å²) in [5, 5.41) is 0. The molecule has 0 N–H and O–H groups in total. The van der Waals surface area contributed by atoms with Crippen LogP contribution in [0.5, 0.6) is 0 Å². The summed E-state index contributed by atoms with van der Waals surface area (Å²) in [6, 6.07) is 0. The summed E-state index contributed by atoms with van der Waals surface area (Å²) in [7, 11) is 0. The average molecular weight is 243 g/mol. The molecule has 0 rings (SSSR count). The number of alkyl halides is 1. The normalized spacial score (nSPS) is 11.3. The molecule has 0 unspecified atom stereocenters. The Kier molecular flexibility index (Phi) is 8.30. The Balaban J connectivity index is 4.09. The molecule has 0 spiro atoms. The van der Waals surface area contributed by atoms with Crippen LogP contribution in [0.4, 0.5) is 0 Å². The van der Waals surface area contributed by atoms with E-state index in [0.29, 0.717) is 13.1 Å². The fourth-order valence-corrected chi connectivity index (χ4v) is 1.03. The van der Waals surface area contributed by atoms with Crippen LogP contribution in [0.3, 0.4) is 0 Å². The molecule has 0 heterocycles. The van der Waals surface area contributed by atoms with Crippen molar-refractivity contribution in [1.82, 2.24) is 4.90 Å². The maximum Gasteiger partial charge on any atom is 0.238 e. The van der Waals surface area contributed by atoms with Gasteiger partial charge in [-0.15, -0.1) is 11.6 Å². The van der Waals surface area contributed by atoms with Gasteiger partial charge in [-0.25, -0.2) is 0 Å². The van der Waals surface area contributed by atoms with Crippen LogP contribution in [0, 0.1) is 0 Å². The van der Waals surface area contributed by atoms with Crippen molar-refractivity contribution in [3.8, 4) is 0 Å². The molecule has 0 aromatic carbocycles. The summed E-state index contributed by atoms with van der Waals surface area (Å²) >= 11 is 16.1. The number of hydrogen-bond acceptors (Lipinski definition) is 1. The molecule has 5 heteroatoms. The van der Waals surface area contributed by atoms with Gasteiger partial charge in [0.05, 0.1) is 0 Å². The van der Waals surface area contributed by atoms with Crippen LogP contribution < -0.4 is 0 Å². The van der Waals surface area contributed by atoms with Crippen molar-refractivity contribution >= 4 is 40.7 Å². The predicted molar refractivity (Wildman–Crippen MR) is 57.3 cm³/mol. The highest BCUT2D eigenvalue weighted by Crippen LogP contribution is 1.95. The lowest BCUT2D eigenvalue weighted by Crippen LogP contribution is -2.32. The fourth-order valence-electron chi connectivity index (χ4n) is 0.697. The van der Waals surface area contributed by atoms with Crippen LogP contribution >= 0.6 is 34.8 Å². The Hall–Kier alpha value is -0.180. The average Bonchev–Trinajstić information content (AvgIpc) is 2.17. The molecule has 0 aliphatic carbocycles. The zero-order valence-corrected chi connectivity index (χ0v) is 9.19. The van der Waals surface area contributed by atoms with Crippen LogP contribution in [0.15, 0.2) is 23.2 Å². The molecule has 0 aromatic heterocycles. The quantitative estimate of drug-likeness (QED) is 0.679. The zero-order valence-electron chi connectivity index (χ0n) is 6.92. The highest BCUT2D eigenvalue weighted by molar-refractivity contribution is 6.27. The predicted octanol–water partition coefficient (Wildman–Crippen LogP) is 2.56. The number of hydrogen-bond donors (Lipinski definition) is 0. The lowest BCUT2D eigenvalue weighted by molar-refractivity contribution is -0.127. The molecule has 0 saturated heterocycles. The fraction of sp³-hybridized carbons (Fsp3) is 0.375. The number of nitrogens with zero attached hydrogens (tertiary/aromatic N) is 1.